The first-order valence-corrected chi connectivity index (χ1v) is 9.35. The molecule has 0 radical (unpaired) electrons. The molecule has 3 aromatic rings. The van der Waals surface area contributed by atoms with Gasteiger partial charge >= 0.3 is 12.1 Å². The number of carbonyl (C=O) groups excluding carboxylic acids is 2. The van der Waals surface area contributed by atoms with Gasteiger partial charge in [0, 0.05) is 11.3 Å². The van der Waals surface area contributed by atoms with Crippen molar-refractivity contribution in [3.63, 3.8) is 0 Å². The second-order valence-electron chi connectivity index (χ2n) is 6.75. The first-order valence-electron chi connectivity index (χ1n) is 9.35. The van der Waals surface area contributed by atoms with E-state index in [-0.39, 0.29) is 18.2 Å². The number of aryl methyl sites for hydroxylation is 2. The summed E-state index contributed by atoms with van der Waals surface area (Å²) in [6, 6.07) is 5.59. The van der Waals surface area contributed by atoms with Crippen LogP contribution >= 0.6 is 0 Å². The zero-order valence-corrected chi connectivity index (χ0v) is 17.3. The molecule has 1 aromatic carbocycles. The van der Waals surface area contributed by atoms with Gasteiger partial charge in [0.05, 0.1) is 24.1 Å². The van der Waals surface area contributed by atoms with Crippen LogP contribution in [0, 0.1) is 20.8 Å². The quantitative estimate of drug-likeness (QED) is 0.580. The fraction of sp³-hybridized carbons (Fsp3) is 0.286. The van der Waals surface area contributed by atoms with Gasteiger partial charge in [-0.1, -0.05) is 0 Å². The van der Waals surface area contributed by atoms with Crippen molar-refractivity contribution in [2.75, 3.05) is 11.9 Å². The standard InChI is InChI=1S/C21H20F3N3O4/c1-5-30-20(29)16-10-25-27(18(16)21(22,23)24)15-8-6-14(7-9-15)26-19(28)17-11(2)12(3)31-13(17)4/h6-10H,5H2,1-4H3,(H,26,28). The van der Waals surface area contributed by atoms with E-state index >= 15 is 0 Å². The van der Waals surface area contributed by atoms with E-state index in [9.17, 15) is 22.8 Å². The molecule has 10 heteroatoms. The summed E-state index contributed by atoms with van der Waals surface area (Å²) in [6.45, 7) is 6.62. The summed E-state index contributed by atoms with van der Waals surface area (Å²) >= 11 is 0. The number of hydrogen-bond acceptors (Lipinski definition) is 5. The summed E-state index contributed by atoms with van der Waals surface area (Å²) < 4.78 is 51.6. The highest BCUT2D eigenvalue weighted by atomic mass is 19.4. The molecular formula is C21H20F3N3O4. The van der Waals surface area contributed by atoms with Gasteiger partial charge in [-0.15, -0.1) is 0 Å². The second kappa shape index (κ2) is 8.29. The Morgan fingerprint density at radius 3 is 2.29 bits per heavy atom. The van der Waals surface area contributed by atoms with Gasteiger partial charge in [-0.3, -0.25) is 4.79 Å². The number of anilines is 1. The van der Waals surface area contributed by atoms with E-state index in [4.69, 9.17) is 9.15 Å². The van der Waals surface area contributed by atoms with Crippen molar-refractivity contribution < 1.29 is 31.9 Å². The maximum atomic E-state index is 13.6. The van der Waals surface area contributed by atoms with Gasteiger partial charge in [0.1, 0.15) is 17.1 Å². The SMILES string of the molecule is CCOC(=O)c1cnn(-c2ccc(NC(=O)c3c(C)oc(C)c3C)cc2)c1C(F)(F)F. The third kappa shape index (κ3) is 4.32. The minimum absolute atomic E-state index is 0.0624. The molecule has 0 spiro atoms. The zero-order chi connectivity index (χ0) is 22.9. The number of halogens is 3. The van der Waals surface area contributed by atoms with Crippen LogP contribution in [-0.2, 0) is 10.9 Å². The summed E-state index contributed by atoms with van der Waals surface area (Å²) in [5.74, 6) is -0.388. The van der Waals surface area contributed by atoms with Gasteiger partial charge in [-0.2, -0.15) is 18.3 Å². The maximum Gasteiger partial charge on any atom is 0.434 e. The van der Waals surface area contributed by atoms with Crippen molar-refractivity contribution >= 4 is 17.6 Å². The maximum absolute atomic E-state index is 13.6. The van der Waals surface area contributed by atoms with Crippen molar-refractivity contribution in [1.29, 1.82) is 0 Å². The van der Waals surface area contributed by atoms with E-state index in [1.165, 1.54) is 31.2 Å². The van der Waals surface area contributed by atoms with Crippen molar-refractivity contribution in [1.82, 2.24) is 9.78 Å². The molecule has 0 aliphatic heterocycles. The number of ether oxygens (including phenoxy) is 1. The van der Waals surface area contributed by atoms with Crippen LogP contribution in [-0.4, -0.2) is 28.3 Å². The number of esters is 1. The summed E-state index contributed by atoms with van der Waals surface area (Å²) in [4.78, 5) is 24.5. The number of alkyl halides is 3. The largest absolute Gasteiger partial charge is 0.466 e. The van der Waals surface area contributed by atoms with Crippen LogP contribution in [0.4, 0.5) is 18.9 Å². The van der Waals surface area contributed by atoms with Crippen LogP contribution in [0.2, 0.25) is 0 Å². The minimum atomic E-state index is -4.83. The molecule has 0 bridgehead atoms. The number of aromatic nitrogens is 2. The Labute approximate surface area is 175 Å². The smallest absolute Gasteiger partial charge is 0.434 e. The summed E-state index contributed by atoms with van der Waals surface area (Å²) in [5, 5.41) is 6.41. The van der Waals surface area contributed by atoms with Crippen LogP contribution in [0.3, 0.4) is 0 Å². The normalized spacial score (nSPS) is 11.5. The molecular weight excluding hydrogens is 415 g/mol. The Kier molecular flexibility index (Phi) is 5.92. The van der Waals surface area contributed by atoms with Crippen molar-refractivity contribution in [3.8, 4) is 5.69 Å². The highest BCUT2D eigenvalue weighted by Gasteiger charge is 2.41. The number of furan rings is 1. The van der Waals surface area contributed by atoms with E-state index < -0.39 is 23.4 Å². The number of rotatable bonds is 5. The molecule has 0 aliphatic carbocycles. The van der Waals surface area contributed by atoms with Crippen LogP contribution in [0.5, 0.6) is 0 Å². The molecule has 0 aliphatic rings. The van der Waals surface area contributed by atoms with Crippen molar-refractivity contribution in [2.24, 2.45) is 0 Å². The summed E-state index contributed by atoms with van der Waals surface area (Å²) in [5.41, 5.74) is -0.349. The number of benzene rings is 1. The first-order chi connectivity index (χ1) is 14.5. The molecule has 1 N–H and O–H groups in total. The predicted molar refractivity (Wildman–Crippen MR) is 105 cm³/mol. The molecule has 31 heavy (non-hydrogen) atoms. The molecule has 0 saturated heterocycles. The average Bonchev–Trinajstić information content (AvgIpc) is 3.24. The fourth-order valence-corrected chi connectivity index (χ4v) is 3.18. The molecule has 3 rings (SSSR count). The van der Waals surface area contributed by atoms with E-state index in [2.05, 4.69) is 10.4 Å². The lowest BCUT2D eigenvalue weighted by atomic mass is 10.1. The molecule has 0 fully saturated rings. The van der Waals surface area contributed by atoms with Crippen molar-refractivity contribution in [3.05, 3.63) is 64.4 Å². The van der Waals surface area contributed by atoms with Gasteiger partial charge in [0.15, 0.2) is 5.69 Å². The molecule has 7 nitrogen and oxygen atoms in total. The van der Waals surface area contributed by atoms with Gasteiger partial charge in [-0.25, -0.2) is 9.48 Å². The second-order valence-corrected chi connectivity index (χ2v) is 6.75. The van der Waals surface area contributed by atoms with Gasteiger partial charge < -0.3 is 14.5 Å². The Hall–Kier alpha value is -3.56. The number of hydrogen-bond donors (Lipinski definition) is 1. The van der Waals surface area contributed by atoms with Crippen LogP contribution in [0.15, 0.2) is 34.9 Å². The highest BCUT2D eigenvalue weighted by Crippen LogP contribution is 2.34. The zero-order valence-electron chi connectivity index (χ0n) is 17.3. The molecule has 0 saturated carbocycles. The lowest BCUT2D eigenvalue weighted by molar-refractivity contribution is -0.143. The molecule has 1 amide bonds. The van der Waals surface area contributed by atoms with Crippen molar-refractivity contribution in [2.45, 2.75) is 33.9 Å². The lowest BCUT2D eigenvalue weighted by Crippen LogP contribution is -2.18. The monoisotopic (exact) mass is 435 g/mol. The highest BCUT2D eigenvalue weighted by molar-refractivity contribution is 6.06. The van der Waals surface area contributed by atoms with E-state index in [0.29, 0.717) is 33.0 Å². The van der Waals surface area contributed by atoms with Gasteiger partial charge in [0.2, 0.25) is 0 Å². The Morgan fingerprint density at radius 2 is 1.77 bits per heavy atom. The van der Waals surface area contributed by atoms with Crippen LogP contribution < -0.4 is 5.32 Å². The molecule has 2 heterocycles. The number of nitrogens with one attached hydrogen (secondary N) is 1. The molecule has 164 valence electrons. The van der Waals surface area contributed by atoms with E-state index in [1.807, 2.05) is 0 Å². The first kappa shape index (κ1) is 22.1. The fourth-order valence-electron chi connectivity index (χ4n) is 3.18. The van der Waals surface area contributed by atoms with Crippen LogP contribution in [0.25, 0.3) is 5.69 Å². The molecule has 0 unspecified atom stereocenters. The predicted octanol–water partition coefficient (Wildman–Crippen LogP) is 4.84. The molecule has 2 aromatic heterocycles. The number of nitrogens with zero attached hydrogens (tertiary/aromatic N) is 2. The molecule has 0 atom stereocenters. The topological polar surface area (TPSA) is 86.4 Å². The van der Waals surface area contributed by atoms with Crippen LogP contribution in [0.1, 0.15) is 50.4 Å². The number of amides is 1. The van der Waals surface area contributed by atoms with E-state index in [1.54, 1.807) is 20.8 Å². The average molecular weight is 435 g/mol. The minimum Gasteiger partial charge on any atom is -0.466 e. The summed E-state index contributed by atoms with van der Waals surface area (Å²) in [6.07, 6.45) is -4.01. The van der Waals surface area contributed by atoms with E-state index in [0.717, 1.165) is 6.20 Å². The van der Waals surface area contributed by atoms with Gasteiger partial charge in [-0.05, 0) is 52.0 Å². The Bertz CT molecular complexity index is 1130. The Balaban J connectivity index is 1.90. The third-order valence-corrected chi connectivity index (χ3v) is 4.69. The van der Waals surface area contributed by atoms with Gasteiger partial charge in [0.25, 0.3) is 5.91 Å². The number of carbonyl (C=O) groups is 2. The Morgan fingerprint density at radius 1 is 1.13 bits per heavy atom. The third-order valence-electron chi connectivity index (χ3n) is 4.69. The summed E-state index contributed by atoms with van der Waals surface area (Å²) in [7, 11) is 0. The lowest BCUT2D eigenvalue weighted by Gasteiger charge is -2.13.